The second-order valence-corrected chi connectivity index (χ2v) is 3.59. The van der Waals surface area contributed by atoms with Crippen LogP contribution in [0.3, 0.4) is 0 Å². The zero-order valence-corrected chi connectivity index (χ0v) is 8.81. The molecule has 0 radical (unpaired) electrons. The monoisotopic (exact) mass is 198 g/mol. The minimum absolute atomic E-state index is 0.629. The smallest absolute Gasteiger partial charge is 0.120 e. The van der Waals surface area contributed by atoms with Crippen molar-refractivity contribution in [3.05, 3.63) is 65.7 Å². The lowest BCUT2D eigenvalue weighted by molar-refractivity contribution is 0.306. The van der Waals surface area contributed by atoms with Crippen LogP contribution >= 0.6 is 0 Å². The van der Waals surface area contributed by atoms with Crippen LogP contribution in [0.2, 0.25) is 0 Å². The molecule has 0 aliphatic rings. The van der Waals surface area contributed by atoms with Crippen LogP contribution in [0, 0.1) is 6.92 Å². The quantitative estimate of drug-likeness (QED) is 0.732. The summed E-state index contributed by atoms with van der Waals surface area (Å²) in [6, 6.07) is 18.3. The molecular weight excluding hydrogens is 184 g/mol. The molecule has 1 heteroatoms. The zero-order chi connectivity index (χ0) is 10.5. The predicted octanol–water partition coefficient (Wildman–Crippen LogP) is 3.57. The van der Waals surface area contributed by atoms with E-state index in [0.717, 1.165) is 5.75 Å². The van der Waals surface area contributed by atoms with Crippen molar-refractivity contribution in [1.29, 1.82) is 0 Å². The molecule has 0 aliphatic heterocycles. The van der Waals surface area contributed by atoms with Crippen LogP contribution in [-0.2, 0) is 6.61 Å². The summed E-state index contributed by atoms with van der Waals surface area (Å²) >= 11 is 0. The van der Waals surface area contributed by atoms with E-state index in [0.29, 0.717) is 6.61 Å². The standard InChI is InChI=1S/C14H14O/c1-12-6-5-9-14(10-12)15-11-13-7-3-2-4-8-13/h2-10H,11H2,1H3. The molecule has 2 rings (SSSR count). The lowest BCUT2D eigenvalue weighted by atomic mass is 10.2. The lowest BCUT2D eigenvalue weighted by Crippen LogP contribution is -1.94. The largest absolute Gasteiger partial charge is 0.489 e. The van der Waals surface area contributed by atoms with Gasteiger partial charge in [0.05, 0.1) is 0 Å². The van der Waals surface area contributed by atoms with Crippen molar-refractivity contribution >= 4 is 0 Å². The van der Waals surface area contributed by atoms with Gasteiger partial charge in [-0.1, -0.05) is 42.5 Å². The maximum atomic E-state index is 5.67. The number of hydrogen-bond donors (Lipinski definition) is 0. The number of ether oxygens (including phenoxy) is 1. The van der Waals surface area contributed by atoms with Crippen LogP contribution in [0.25, 0.3) is 0 Å². The maximum absolute atomic E-state index is 5.67. The summed E-state index contributed by atoms with van der Waals surface area (Å²) in [6.07, 6.45) is 0. The summed E-state index contributed by atoms with van der Waals surface area (Å²) in [5.41, 5.74) is 2.42. The maximum Gasteiger partial charge on any atom is 0.120 e. The Morgan fingerprint density at radius 1 is 0.933 bits per heavy atom. The summed E-state index contributed by atoms with van der Waals surface area (Å²) < 4.78 is 5.67. The van der Waals surface area contributed by atoms with Gasteiger partial charge in [-0.2, -0.15) is 0 Å². The molecule has 0 spiro atoms. The molecule has 0 saturated heterocycles. The van der Waals surface area contributed by atoms with E-state index in [4.69, 9.17) is 4.74 Å². The Morgan fingerprint density at radius 2 is 1.73 bits per heavy atom. The average Bonchev–Trinajstić information content (AvgIpc) is 2.28. The fourth-order valence-corrected chi connectivity index (χ4v) is 1.45. The second-order valence-electron chi connectivity index (χ2n) is 3.59. The van der Waals surface area contributed by atoms with E-state index in [1.54, 1.807) is 0 Å². The molecule has 0 N–H and O–H groups in total. The van der Waals surface area contributed by atoms with Gasteiger partial charge in [0.2, 0.25) is 0 Å². The minimum Gasteiger partial charge on any atom is -0.489 e. The third-order valence-electron chi connectivity index (χ3n) is 2.24. The molecule has 0 bridgehead atoms. The van der Waals surface area contributed by atoms with Crippen molar-refractivity contribution in [2.24, 2.45) is 0 Å². The van der Waals surface area contributed by atoms with Crippen molar-refractivity contribution in [3.63, 3.8) is 0 Å². The highest BCUT2D eigenvalue weighted by molar-refractivity contribution is 5.27. The van der Waals surface area contributed by atoms with Crippen LogP contribution in [-0.4, -0.2) is 0 Å². The Labute approximate surface area is 90.3 Å². The molecule has 0 atom stereocenters. The summed E-state index contributed by atoms with van der Waals surface area (Å²) in [5, 5.41) is 0. The van der Waals surface area contributed by atoms with Crippen LogP contribution in [0.15, 0.2) is 54.6 Å². The van der Waals surface area contributed by atoms with Gasteiger partial charge in [0.25, 0.3) is 0 Å². The van der Waals surface area contributed by atoms with Gasteiger partial charge in [-0.25, -0.2) is 0 Å². The van der Waals surface area contributed by atoms with Crippen LogP contribution in [0.4, 0.5) is 0 Å². The highest BCUT2D eigenvalue weighted by atomic mass is 16.5. The molecule has 2 aromatic rings. The number of rotatable bonds is 3. The molecule has 0 aromatic heterocycles. The van der Waals surface area contributed by atoms with Gasteiger partial charge in [-0.15, -0.1) is 0 Å². The summed E-state index contributed by atoms with van der Waals surface area (Å²) in [7, 11) is 0. The Bertz CT molecular complexity index is 420. The van der Waals surface area contributed by atoms with Crippen LogP contribution in [0.1, 0.15) is 11.1 Å². The molecule has 76 valence electrons. The third-order valence-corrected chi connectivity index (χ3v) is 2.24. The normalized spacial score (nSPS) is 9.93. The van der Waals surface area contributed by atoms with Gasteiger partial charge in [0, 0.05) is 0 Å². The topological polar surface area (TPSA) is 9.23 Å². The van der Waals surface area contributed by atoms with Gasteiger partial charge in [0.15, 0.2) is 0 Å². The van der Waals surface area contributed by atoms with Gasteiger partial charge in [0.1, 0.15) is 12.4 Å². The van der Waals surface area contributed by atoms with Gasteiger partial charge < -0.3 is 4.74 Å². The summed E-state index contributed by atoms with van der Waals surface area (Å²) in [5.74, 6) is 0.929. The lowest BCUT2D eigenvalue weighted by Gasteiger charge is -2.06. The Kier molecular flexibility index (Phi) is 3.03. The van der Waals surface area contributed by atoms with E-state index in [9.17, 15) is 0 Å². The van der Waals surface area contributed by atoms with Gasteiger partial charge >= 0.3 is 0 Å². The summed E-state index contributed by atoms with van der Waals surface area (Å²) in [4.78, 5) is 0. The first-order valence-corrected chi connectivity index (χ1v) is 5.08. The molecule has 0 saturated carbocycles. The fraction of sp³-hybridized carbons (Fsp3) is 0.143. The van der Waals surface area contributed by atoms with Gasteiger partial charge in [-0.3, -0.25) is 0 Å². The summed E-state index contributed by atoms with van der Waals surface area (Å²) in [6.45, 7) is 2.69. The molecule has 0 aliphatic carbocycles. The van der Waals surface area contributed by atoms with Crippen molar-refractivity contribution in [3.8, 4) is 5.75 Å². The third kappa shape index (κ3) is 2.84. The Balaban J connectivity index is 1.99. The van der Waals surface area contributed by atoms with Crippen molar-refractivity contribution < 1.29 is 4.74 Å². The van der Waals surface area contributed by atoms with E-state index < -0.39 is 0 Å². The van der Waals surface area contributed by atoms with Crippen molar-refractivity contribution in [2.45, 2.75) is 13.5 Å². The van der Waals surface area contributed by atoms with Crippen LogP contribution in [0.5, 0.6) is 5.75 Å². The number of aryl methyl sites for hydroxylation is 1. The highest BCUT2D eigenvalue weighted by Crippen LogP contribution is 2.14. The van der Waals surface area contributed by atoms with Crippen molar-refractivity contribution in [2.75, 3.05) is 0 Å². The van der Waals surface area contributed by atoms with E-state index in [-0.39, 0.29) is 0 Å². The van der Waals surface area contributed by atoms with E-state index in [2.05, 4.69) is 25.1 Å². The average molecular weight is 198 g/mol. The molecule has 0 unspecified atom stereocenters. The molecule has 15 heavy (non-hydrogen) atoms. The Hall–Kier alpha value is -1.76. The first kappa shape index (κ1) is 9.78. The first-order chi connectivity index (χ1) is 7.34. The fourth-order valence-electron chi connectivity index (χ4n) is 1.45. The zero-order valence-electron chi connectivity index (χ0n) is 8.81. The first-order valence-electron chi connectivity index (χ1n) is 5.08. The number of benzene rings is 2. The minimum atomic E-state index is 0.629. The van der Waals surface area contributed by atoms with E-state index in [1.165, 1.54) is 11.1 Å². The molecule has 1 nitrogen and oxygen atoms in total. The number of hydrogen-bond acceptors (Lipinski definition) is 1. The molecule has 2 aromatic carbocycles. The van der Waals surface area contributed by atoms with Crippen LogP contribution < -0.4 is 4.74 Å². The second kappa shape index (κ2) is 4.65. The van der Waals surface area contributed by atoms with E-state index in [1.807, 2.05) is 36.4 Å². The molecule has 0 amide bonds. The molecule has 0 fully saturated rings. The Morgan fingerprint density at radius 3 is 2.47 bits per heavy atom. The van der Waals surface area contributed by atoms with E-state index >= 15 is 0 Å². The molecule has 0 heterocycles. The predicted molar refractivity (Wildman–Crippen MR) is 62.0 cm³/mol. The van der Waals surface area contributed by atoms with Crippen molar-refractivity contribution in [1.82, 2.24) is 0 Å². The van der Waals surface area contributed by atoms with Gasteiger partial charge in [-0.05, 0) is 30.2 Å². The molecular formula is C14H14O. The highest BCUT2D eigenvalue weighted by Gasteiger charge is 1.94. The SMILES string of the molecule is Cc1cccc(OCc2ccccc2)c1.